The molecule has 0 atom stereocenters. The maximum absolute atomic E-state index is 11.2. The zero-order valence-electron chi connectivity index (χ0n) is 9.47. The summed E-state index contributed by atoms with van der Waals surface area (Å²) in [5.41, 5.74) is 1.52. The summed E-state index contributed by atoms with van der Waals surface area (Å²) >= 11 is 5.77. The van der Waals surface area contributed by atoms with Crippen molar-refractivity contribution in [1.29, 1.82) is 0 Å². The largest absolute Gasteiger partial charge is 0.545 e. The highest BCUT2D eigenvalue weighted by atomic mass is 35.5. The molecule has 0 saturated carbocycles. The monoisotopic (exact) mass is 257 g/mol. The Kier molecular flexibility index (Phi) is 3.80. The van der Waals surface area contributed by atoms with Crippen LogP contribution in [0.2, 0.25) is 5.02 Å². The zero-order chi connectivity index (χ0) is 13.0. The SMILES string of the molecule is O=C([O-])C(=Cc1ccccc1)c1ccc(Cl)cc1. The summed E-state index contributed by atoms with van der Waals surface area (Å²) in [5.74, 6) is -1.21. The molecule has 0 bridgehead atoms. The predicted octanol–water partition coefficient (Wildman–Crippen LogP) is 2.63. The Bertz CT molecular complexity index is 571. The van der Waals surface area contributed by atoms with Gasteiger partial charge in [-0.3, -0.25) is 0 Å². The number of carbonyl (C=O) groups excluding carboxylic acids is 1. The van der Waals surface area contributed by atoms with Gasteiger partial charge in [0.05, 0.1) is 5.97 Å². The van der Waals surface area contributed by atoms with E-state index in [-0.39, 0.29) is 5.57 Å². The van der Waals surface area contributed by atoms with Crippen molar-refractivity contribution in [2.45, 2.75) is 0 Å². The lowest BCUT2D eigenvalue weighted by atomic mass is 10.0. The molecule has 2 aromatic rings. The van der Waals surface area contributed by atoms with Crippen molar-refractivity contribution in [3.05, 3.63) is 70.7 Å². The molecule has 0 spiro atoms. The first-order valence-electron chi connectivity index (χ1n) is 5.41. The number of hydrogen-bond acceptors (Lipinski definition) is 2. The van der Waals surface area contributed by atoms with Gasteiger partial charge >= 0.3 is 0 Å². The summed E-state index contributed by atoms with van der Waals surface area (Å²) in [5, 5.41) is 11.7. The van der Waals surface area contributed by atoms with E-state index >= 15 is 0 Å². The normalized spacial score (nSPS) is 11.3. The van der Waals surface area contributed by atoms with Crippen LogP contribution in [-0.2, 0) is 4.79 Å². The molecule has 0 heterocycles. The van der Waals surface area contributed by atoms with Crippen LogP contribution in [0.1, 0.15) is 11.1 Å². The van der Waals surface area contributed by atoms with Crippen LogP contribution < -0.4 is 5.11 Å². The molecule has 3 heteroatoms. The van der Waals surface area contributed by atoms with Gasteiger partial charge in [-0.1, -0.05) is 54.1 Å². The molecule has 0 aliphatic carbocycles. The minimum absolute atomic E-state index is 0.137. The molecule has 0 fully saturated rings. The molecule has 0 unspecified atom stereocenters. The number of aliphatic carboxylic acids is 1. The van der Waals surface area contributed by atoms with Gasteiger partial charge in [0.25, 0.3) is 0 Å². The molecule has 2 rings (SSSR count). The molecule has 2 aromatic carbocycles. The minimum Gasteiger partial charge on any atom is -0.545 e. The van der Waals surface area contributed by atoms with Gasteiger partial charge < -0.3 is 9.90 Å². The van der Waals surface area contributed by atoms with E-state index in [9.17, 15) is 9.90 Å². The van der Waals surface area contributed by atoms with Crippen LogP contribution in [0.4, 0.5) is 0 Å². The molecule has 0 radical (unpaired) electrons. The molecule has 90 valence electrons. The third-order valence-corrected chi connectivity index (χ3v) is 2.74. The highest BCUT2D eigenvalue weighted by Gasteiger charge is 2.03. The van der Waals surface area contributed by atoms with Crippen molar-refractivity contribution < 1.29 is 9.90 Å². The van der Waals surface area contributed by atoms with Crippen LogP contribution in [0, 0.1) is 0 Å². The number of halogens is 1. The molecule has 0 aliphatic heterocycles. The smallest absolute Gasteiger partial charge is 0.0721 e. The molecule has 0 aromatic heterocycles. The van der Waals surface area contributed by atoms with Gasteiger partial charge in [0, 0.05) is 10.6 Å². The second kappa shape index (κ2) is 5.52. The van der Waals surface area contributed by atoms with Gasteiger partial charge in [-0.2, -0.15) is 0 Å². The van der Waals surface area contributed by atoms with Crippen molar-refractivity contribution in [3.63, 3.8) is 0 Å². The fraction of sp³-hybridized carbons (Fsp3) is 0. The Hall–Kier alpha value is -2.06. The summed E-state index contributed by atoms with van der Waals surface area (Å²) in [6.45, 7) is 0. The van der Waals surface area contributed by atoms with Crippen molar-refractivity contribution in [1.82, 2.24) is 0 Å². The van der Waals surface area contributed by atoms with E-state index in [1.54, 1.807) is 30.3 Å². The molecule has 0 aliphatic rings. The van der Waals surface area contributed by atoms with E-state index < -0.39 is 5.97 Å². The maximum Gasteiger partial charge on any atom is 0.0721 e. The number of hydrogen-bond donors (Lipinski definition) is 0. The van der Waals surface area contributed by atoms with Gasteiger partial charge in [-0.25, -0.2) is 0 Å². The molecule has 18 heavy (non-hydrogen) atoms. The average molecular weight is 258 g/mol. The second-order valence-electron chi connectivity index (χ2n) is 3.76. The van der Waals surface area contributed by atoms with E-state index in [4.69, 9.17) is 11.6 Å². The quantitative estimate of drug-likeness (QED) is 0.626. The number of carboxylic acid groups (broad SMARTS) is 1. The Labute approximate surface area is 110 Å². The number of carbonyl (C=O) groups is 1. The van der Waals surface area contributed by atoms with Crippen LogP contribution in [0.5, 0.6) is 0 Å². The van der Waals surface area contributed by atoms with Crippen LogP contribution >= 0.6 is 11.6 Å². The second-order valence-corrected chi connectivity index (χ2v) is 4.20. The van der Waals surface area contributed by atoms with Crippen LogP contribution in [0.25, 0.3) is 11.6 Å². The summed E-state index contributed by atoms with van der Waals surface area (Å²) in [6, 6.07) is 15.9. The number of carboxylic acids is 1. The van der Waals surface area contributed by atoms with Crippen LogP contribution in [0.3, 0.4) is 0 Å². The average Bonchev–Trinajstić information content (AvgIpc) is 2.38. The zero-order valence-corrected chi connectivity index (χ0v) is 10.2. The summed E-state index contributed by atoms with van der Waals surface area (Å²) in [7, 11) is 0. The topological polar surface area (TPSA) is 40.1 Å². The van der Waals surface area contributed by atoms with E-state index in [1.165, 1.54) is 0 Å². The highest BCUT2D eigenvalue weighted by molar-refractivity contribution is 6.30. The Morgan fingerprint density at radius 2 is 1.61 bits per heavy atom. The molecular weight excluding hydrogens is 248 g/mol. The van der Waals surface area contributed by atoms with E-state index in [2.05, 4.69) is 0 Å². The molecule has 0 N–H and O–H groups in total. The number of rotatable bonds is 3. The molecule has 2 nitrogen and oxygen atoms in total. The Balaban J connectivity index is 2.44. The lowest BCUT2D eigenvalue weighted by Crippen LogP contribution is -2.23. The standard InChI is InChI=1S/C15H11ClO2/c16-13-8-6-12(7-9-13)14(15(17)18)10-11-4-2-1-3-5-11/h1-10H,(H,17,18)/p-1. The van der Waals surface area contributed by atoms with Crippen LogP contribution in [0.15, 0.2) is 54.6 Å². The van der Waals surface area contributed by atoms with E-state index in [1.807, 2.05) is 30.3 Å². The van der Waals surface area contributed by atoms with Gasteiger partial charge in [-0.05, 0) is 29.3 Å². The predicted molar refractivity (Wildman–Crippen MR) is 70.8 cm³/mol. The Morgan fingerprint density at radius 1 is 1.00 bits per heavy atom. The first-order valence-corrected chi connectivity index (χ1v) is 5.78. The lowest BCUT2D eigenvalue weighted by molar-refractivity contribution is -0.295. The maximum atomic E-state index is 11.2. The third kappa shape index (κ3) is 2.99. The molecular formula is C15H10ClO2-. The van der Waals surface area contributed by atoms with Crippen molar-refractivity contribution >= 4 is 29.2 Å². The first kappa shape index (κ1) is 12.4. The van der Waals surface area contributed by atoms with Crippen molar-refractivity contribution in [2.75, 3.05) is 0 Å². The van der Waals surface area contributed by atoms with E-state index in [0.717, 1.165) is 5.56 Å². The summed E-state index contributed by atoms with van der Waals surface area (Å²) in [6.07, 6.45) is 1.58. The van der Waals surface area contributed by atoms with Gasteiger partial charge in [0.2, 0.25) is 0 Å². The fourth-order valence-corrected chi connectivity index (χ4v) is 1.73. The number of benzene rings is 2. The van der Waals surface area contributed by atoms with Crippen LogP contribution in [-0.4, -0.2) is 5.97 Å². The first-order chi connectivity index (χ1) is 8.66. The van der Waals surface area contributed by atoms with Crippen molar-refractivity contribution in [3.8, 4) is 0 Å². The van der Waals surface area contributed by atoms with Gasteiger partial charge in [0.15, 0.2) is 0 Å². The molecule has 0 amide bonds. The lowest BCUT2D eigenvalue weighted by Gasteiger charge is -2.09. The van der Waals surface area contributed by atoms with Crippen molar-refractivity contribution in [2.24, 2.45) is 0 Å². The minimum atomic E-state index is -1.21. The fourth-order valence-electron chi connectivity index (χ4n) is 1.61. The summed E-state index contributed by atoms with van der Waals surface area (Å²) < 4.78 is 0. The van der Waals surface area contributed by atoms with Gasteiger partial charge in [-0.15, -0.1) is 0 Å². The van der Waals surface area contributed by atoms with Gasteiger partial charge in [0.1, 0.15) is 0 Å². The summed E-state index contributed by atoms with van der Waals surface area (Å²) in [4.78, 5) is 11.2. The Morgan fingerprint density at radius 3 is 2.17 bits per heavy atom. The molecule has 0 saturated heterocycles. The third-order valence-electron chi connectivity index (χ3n) is 2.49. The van der Waals surface area contributed by atoms with E-state index in [0.29, 0.717) is 10.6 Å². The highest BCUT2D eigenvalue weighted by Crippen LogP contribution is 2.20.